The first-order chi connectivity index (χ1) is 13.6. The van der Waals surface area contributed by atoms with Crippen LogP contribution in [0.2, 0.25) is 0 Å². The van der Waals surface area contributed by atoms with Crippen LogP contribution in [0.1, 0.15) is 34.7 Å². The third-order valence-electron chi connectivity index (χ3n) is 5.32. The minimum absolute atomic E-state index is 0.0596. The molecule has 1 saturated heterocycles. The maximum Gasteiger partial charge on any atom is 0.349 e. The fourth-order valence-electron chi connectivity index (χ4n) is 3.69. The molecule has 2 aromatic heterocycles. The fraction of sp³-hybridized carbons (Fsp3) is 0.364. The third kappa shape index (κ3) is 4.17. The van der Waals surface area contributed by atoms with Gasteiger partial charge in [0.05, 0.1) is 6.54 Å². The van der Waals surface area contributed by atoms with Gasteiger partial charge in [0.1, 0.15) is 22.7 Å². The van der Waals surface area contributed by atoms with Crippen LogP contribution in [0, 0.1) is 12.8 Å². The average Bonchev–Trinajstić information content (AvgIpc) is 3.11. The van der Waals surface area contributed by atoms with E-state index in [4.69, 9.17) is 8.83 Å². The van der Waals surface area contributed by atoms with Gasteiger partial charge in [-0.2, -0.15) is 0 Å². The molecule has 1 aliphatic heterocycles. The second-order valence-corrected chi connectivity index (χ2v) is 7.43. The predicted molar refractivity (Wildman–Crippen MR) is 106 cm³/mol. The lowest BCUT2D eigenvalue weighted by Crippen LogP contribution is -2.39. The maximum atomic E-state index is 12.5. The number of hydrogen-bond donors (Lipinski definition) is 1. The molecule has 4 rings (SSSR count). The van der Waals surface area contributed by atoms with E-state index < -0.39 is 5.63 Å². The van der Waals surface area contributed by atoms with Crippen LogP contribution in [-0.4, -0.2) is 30.4 Å². The Morgan fingerprint density at radius 3 is 2.68 bits per heavy atom. The molecule has 0 radical (unpaired) electrons. The van der Waals surface area contributed by atoms with Crippen LogP contribution >= 0.6 is 0 Å². The lowest BCUT2D eigenvalue weighted by atomic mass is 9.96. The summed E-state index contributed by atoms with van der Waals surface area (Å²) in [4.78, 5) is 26.9. The summed E-state index contributed by atoms with van der Waals surface area (Å²) >= 11 is 0. The van der Waals surface area contributed by atoms with Crippen molar-refractivity contribution in [2.24, 2.45) is 5.92 Å². The molecule has 1 aliphatic rings. The topological polar surface area (TPSA) is 75.7 Å². The molecule has 3 heterocycles. The van der Waals surface area contributed by atoms with E-state index in [1.165, 1.54) is 0 Å². The minimum Gasteiger partial charge on any atom is -0.465 e. The van der Waals surface area contributed by atoms with Crippen molar-refractivity contribution >= 4 is 16.9 Å². The minimum atomic E-state index is -0.597. The summed E-state index contributed by atoms with van der Waals surface area (Å²) < 4.78 is 10.9. The van der Waals surface area contributed by atoms with Crippen molar-refractivity contribution in [3.63, 3.8) is 0 Å². The zero-order chi connectivity index (χ0) is 19.5. The molecule has 1 amide bonds. The molecular formula is C22H24N2O4. The SMILES string of the molecule is Cc1ccc(CN2CCC(CNC(=O)c3cc4ccccc4oc3=O)CC2)o1. The second kappa shape index (κ2) is 8.02. The summed E-state index contributed by atoms with van der Waals surface area (Å²) in [5.41, 5.74) is -0.0488. The van der Waals surface area contributed by atoms with E-state index in [9.17, 15) is 9.59 Å². The quantitative estimate of drug-likeness (QED) is 0.687. The van der Waals surface area contributed by atoms with Gasteiger partial charge in [0.25, 0.3) is 5.91 Å². The molecule has 3 aromatic rings. The first kappa shape index (κ1) is 18.5. The maximum absolute atomic E-state index is 12.5. The summed E-state index contributed by atoms with van der Waals surface area (Å²) in [5, 5.41) is 3.65. The first-order valence-electron chi connectivity index (χ1n) is 9.67. The highest BCUT2D eigenvalue weighted by molar-refractivity contribution is 5.96. The van der Waals surface area contributed by atoms with E-state index in [0.29, 0.717) is 18.0 Å². The van der Waals surface area contributed by atoms with Crippen LogP contribution in [0.4, 0.5) is 0 Å². The normalized spacial score (nSPS) is 15.8. The highest BCUT2D eigenvalue weighted by Gasteiger charge is 2.21. The number of furan rings is 1. The highest BCUT2D eigenvalue weighted by atomic mass is 16.4. The predicted octanol–water partition coefficient (Wildman–Crippen LogP) is 3.34. The number of fused-ring (bicyclic) bond motifs is 1. The number of hydrogen-bond acceptors (Lipinski definition) is 5. The van der Waals surface area contributed by atoms with E-state index in [0.717, 1.165) is 49.4 Å². The van der Waals surface area contributed by atoms with Crippen molar-refractivity contribution in [1.82, 2.24) is 10.2 Å². The van der Waals surface area contributed by atoms with Crippen molar-refractivity contribution in [3.05, 3.63) is 70.0 Å². The van der Waals surface area contributed by atoms with Crippen molar-refractivity contribution in [2.45, 2.75) is 26.3 Å². The van der Waals surface area contributed by atoms with Crippen LogP contribution in [-0.2, 0) is 6.54 Å². The van der Waals surface area contributed by atoms with Crippen LogP contribution in [0.25, 0.3) is 11.0 Å². The number of nitrogens with zero attached hydrogens (tertiary/aromatic N) is 1. The van der Waals surface area contributed by atoms with Gasteiger partial charge in [-0.1, -0.05) is 18.2 Å². The molecular weight excluding hydrogens is 356 g/mol. The van der Waals surface area contributed by atoms with E-state index in [-0.39, 0.29) is 11.5 Å². The Bertz CT molecular complexity index is 1030. The molecule has 1 aromatic carbocycles. The Morgan fingerprint density at radius 1 is 1.14 bits per heavy atom. The molecule has 28 heavy (non-hydrogen) atoms. The van der Waals surface area contributed by atoms with Gasteiger partial charge < -0.3 is 14.2 Å². The number of amides is 1. The number of carbonyl (C=O) groups is 1. The Labute approximate surface area is 163 Å². The van der Waals surface area contributed by atoms with Crippen LogP contribution in [0.3, 0.4) is 0 Å². The Kier molecular flexibility index (Phi) is 5.30. The number of para-hydroxylation sites is 1. The number of benzene rings is 1. The van der Waals surface area contributed by atoms with Crippen LogP contribution < -0.4 is 10.9 Å². The van der Waals surface area contributed by atoms with Crippen LogP contribution in [0.5, 0.6) is 0 Å². The molecule has 0 spiro atoms. The van der Waals surface area contributed by atoms with Crippen molar-refractivity contribution in [3.8, 4) is 0 Å². The summed E-state index contributed by atoms with van der Waals surface area (Å²) in [6, 6.07) is 12.8. The molecule has 0 bridgehead atoms. The van der Waals surface area contributed by atoms with Crippen molar-refractivity contribution in [1.29, 1.82) is 0 Å². The number of piperidine rings is 1. The van der Waals surface area contributed by atoms with Gasteiger partial charge in [0.15, 0.2) is 0 Å². The zero-order valence-electron chi connectivity index (χ0n) is 15.9. The molecule has 0 atom stereocenters. The zero-order valence-corrected chi connectivity index (χ0v) is 15.9. The van der Waals surface area contributed by atoms with Crippen LogP contribution in [0.15, 0.2) is 56.1 Å². The van der Waals surface area contributed by atoms with Gasteiger partial charge in [-0.25, -0.2) is 4.79 Å². The second-order valence-electron chi connectivity index (χ2n) is 7.43. The average molecular weight is 380 g/mol. The van der Waals surface area contributed by atoms with Gasteiger partial charge in [0.2, 0.25) is 0 Å². The number of aryl methyl sites for hydroxylation is 1. The number of likely N-dealkylation sites (tertiary alicyclic amines) is 1. The van der Waals surface area contributed by atoms with Gasteiger partial charge in [-0.3, -0.25) is 9.69 Å². The van der Waals surface area contributed by atoms with Gasteiger partial charge in [-0.15, -0.1) is 0 Å². The molecule has 6 nitrogen and oxygen atoms in total. The largest absolute Gasteiger partial charge is 0.465 e. The Hall–Kier alpha value is -2.86. The molecule has 1 N–H and O–H groups in total. The lowest BCUT2D eigenvalue weighted by molar-refractivity contribution is 0.0930. The van der Waals surface area contributed by atoms with Crippen molar-refractivity contribution < 1.29 is 13.6 Å². The van der Waals surface area contributed by atoms with Gasteiger partial charge >= 0.3 is 5.63 Å². The molecule has 0 aliphatic carbocycles. The van der Waals surface area contributed by atoms with E-state index >= 15 is 0 Å². The van der Waals surface area contributed by atoms with Gasteiger partial charge in [-0.05, 0) is 63.0 Å². The van der Waals surface area contributed by atoms with Gasteiger partial charge in [0, 0.05) is 11.9 Å². The fourth-order valence-corrected chi connectivity index (χ4v) is 3.69. The number of carbonyl (C=O) groups excluding carboxylic acids is 1. The number of nitrogens with one attached hydrogen (secondary N) is 1. The van der Waals surface area contributed by atoms with E-state index in [1.54, 1.807) is 18.2 Å². The monoisotopic (exact) mass is 380 g/mol. The van der Waals surface area contributed by atoms with E-state index in [2.05, 4.69) is 10.2 Å². The Balaban J connectivity index is 1.30. The molecule has 1 fully saturated rings. The summed E-state index contributed by atoms with van der Waals surface area (Å²) in [6.07, 6.45) is 2.01. The highest BCUT2D eigenvalue weighted by Crippen LogP contribution is 2.19. The first-order valence-corrected chi connectivity index (χ1v) is 9.67. The standard InChI is InChI=1S/C22H24N2O4/c1-15-6-7-18(27-15)14-24-10-8-16(9-11-24)13-23-21(25)19-12-17-4-2-3-5-20(17)28-22(19)26/h2-7,12,16H,8-11,13-14H2,1H3,(H,23,25). The summed E-state index contributed by atoms with van der Waals surface area (Å²) in [5.74, 6) is 1.97. The van der Waals surface area contributed by atoms with Crippen molar-refractivity contribution in [2.75, 3.05) is 19.6 Å². The summed E-state index contributed by atoms with van der Waals surface area (Å²) in [7, 11) is 0. The van der Waals surface area contributed by atoms with E-state index in [1.807, 2.05) is 31.2 Å². The molecule has 6 heteroatoms. The number of rotatable bonds is 5. The molecule has 0 unspecified atom stereocenters. The molecule has 0 saturated carbocycles. The summed E-state index contributed by atoms with van der Waals surface area (Å²) in [6.45, 7) is 5.29. The lowest BCUT2D eigenvalue weighted by Gasteiger charge is -2.31. The third-order valence-corrected chi connectivity index (χ3v) is 5.32. The molecule has 146 valence electrons. The Morgan fingerprint density at radius 2 is 1.93 bits per heavy atom. The smallest absolute Gasteiger partial charge is 0.349 e.